The van der Waals surface area contributed by atoms with Crippen LogP contribution in [0.25, 0.3) is 0 Å². The summed E-state index contributed by atoms with van der Waals surface area (Å²) in [5.74, 6) is 0.699. The first-order valence-corrected chi connectivity index (χ1v) is 8.03. The normalized spacial score (nSPS) is 19.1. The number of aliphatic imine (C=N–C) groups is 1. The highest BCUT2D eigenvalue weighted by atomic mass is 31.1. The minimum atomic E-state index is 0.699. The molecule has 0 aromatic rings. The highest BCUT2D eigenvalue weighted by Crippen LogP contribution is 2.29. The third-order valence-corrected chi connectivity index (χ3v) is 3.72. The smallest absolute Gasteiger partial charge is 0.0273 e. The van der Waals surface area contributed by atoms with Crippen molar-refractivity contribution in [1.82, 2.24) is 0 Å². The van der Waals surface area contributed by atoms with Crippen molar-refractivity contribution in [2.45, 2.75) is 41.5 Å². The predicted molar refractivity (Wildman–Crippen MR) is 86.2 cm³/mol. The molecule has 2 heteroatoms. The molecule has 2 unspecified atom stereocenters. The van der Waals surface area contributed by atoms with Crippen molar-refractivity contribution in [2.75, 3.05) is 19.9 Å². The molecule has 0 fully saturated rings. The molecule has 100 valence electrons. The van der Waals surface area contributed by atoms with Gasteiger partial charge >= 0.3 is 0 Å². The summed E-state index contributed by atoms with van der Waals surface area (Å²) in [5, 5.41) is 0. The van der Waals surface area contributed by atoms with Gasteiger partial charge in [0.2, 0.25) is 0 Å². The van der Waals surface area contributed by atoms with Crippen LogP contribution in [0.3, 0.4) is 0 Å². The lowest BCUT2D eigenvalue weighted by atomic mass is 10.0. The summed E-state index contributed by atoms with van der Waals surface area (Å²) >= 11 is 0. The molecule has 0 radical (unpaired) electrons. The zero-order chi connectivity index (χ0) is 13.8. The quantitative estimate of drug-likeness (QED) is 0.465. The van der Waals surface area contributed by atoms with E-state index < -0.39 is 0 Å². The Balaban J connectivity index is 0. The topological polar surface area (TPSA) is 12.4 Å². The summed E-state index contributed by atoms with van der Waals surface area (Å²) in [7, 11) is 2.89. The molecular formula is C15H30NP. The zero-order valence-electron chi connectivity index (χ0n) is 12.9. The van der Waals surface area contributed by atoms with Gasteiger partial charge in [0.15, 0.2) is 0 Å². The molecule has 0 aliphatic heterocycles. The molecule has 0 spiro atoms. The first kappa shape index (κ1) is 18.9. The van der Waals surface area contributed by atoms with E-state index in [1.54, 1.807) is 13.3 Å². The molecule has 0 saturated carbocycles. The second-order valence-electron chi connectivity index (χ2n) is 4.20. The van der Waals surface area contributed by atoms with Crippen molar-refractivity contribution in [1.29, 1.82) is 0 Å². The van der Waals surface area contributed by atoms with E-state index in [-0.39, 0.29) is 0 Å². The van der Waals surface area contributed by atoms with Crippen LogP contribution in [0.5, 0.6) is 0 Å². The molecule has 1 nitrogen and oxygen atoms in total. The first-order chi connectivity index (χ1) is 7.95. The highest BCUT2D eigenvalue weighted by Gasteiger charge is 2.13. The fourth-order valence-corrected chi connectivity index (χ4v) is 1.26. The van der Waals surface area contributed by atoms with Gasteiger partial charge in [-0.25, -0.2) is 0 Å². The highest BCUT2D eigenvalue weighted by molar-refractivity contribution is 7.36. The van der Waals surface area contributed by atoms with E-state index in [1.807, 2.05) is 6.92 Å². The Morgan fingerprint density at radius 1 is 1.35 bits per heavy atom. The monoisotopic (exact) mass is 255 g/mol. The Kier molecular flexibility index (Phi) is 13.4. The number of allylic oxidation sites excluding steroid dienone is 4. The summed E-state index contributed by atoms with van der Waals surface area (Å²) in [5.41, 5.74) is 4.50. The van der Waals surface area contributed by atoms with Gasteiger partial charge in [-0.05, 0) is 52.7 Å². The van der Waals surface area contributed by atoms with Gasteiger partial charge in [0, 0.05) is 7.05 Å². The Bertz CT molecular complexity index is 269. The maximum Gasteiger partial charge on any atom is 0.0273 e. The lowest BCUT2D eigenvalue weighted by molar-refractivity contribution is 0.817. The van der Waals surface area contributed by atoms with Gasteiger partial charge in [-0.2, -0.15) is 0 Å². The van der Waals surface area contributed by atoms with Crippen LogP contribution in [-0.4, -0.2) is 26.1 Å². The van der Waals surface area contributed by atoms with E-state index in [9.17, 15) is 0 Å². The predicted octanol–water partition coefficient (Wildman–Crippen LogP) is 4.94. The van der Waals surface area contributed by atoms with Gasteiger partial charge in [-0.1, -0.05) is 36.6 Å². The fraction of sp³-hybridized carbons (Fsp3) is 0.667. The van der Waals surface area contributed by atoms with Crippen LogP contribution in [0.4, 0.5) is 0 Å². The van der Waals surface area contributed by atoms with Gasteiger partial charge in [0.1, 0.15) is 0 Å². The van der Waals surface area contributed by atoms with Gasteiger partial charge in [-0.15, -0.1) is 8.58 Å². The molecular weight excluding hydrogens is 225 g/mol. The minimum absolute atomic E-state index is 0.699. The second-order valence-corrected chi connectivity index (χ2v) is 5.61. The van der Waals surface area contributed by atoms with Crippen molar-refractivity contribution in [3.05, 3.63) is 22.8 Å². The average Bonchev–Trinajstić information content (AvgIpc) is 2.57. The van der Waals surface area contributed by atoms with Crippen LogP contribution in [0.1, 0.15) is 41.5 Å². The van der Waals surface area contributed by atoms with Crippen LogP contribution in [0.15, 0.2) is 27.8 Å². The number of nitrogens with zero attached hydrogens (tertiary/aromatic N) is 1. The van der Waals surface area contributed by atoms with Crippen molar-refractivity contribution >= 4 is 14.8 Å². The van der Waals surface area contributed by atoms with Gasteiger partial charge in [0.05, 0.1) is 0 Å². The lowest BCUT2D eigenvalue weighted by Gasteiger charge is -2.05. The van der Waals surface area contributed by atoms with Gasteiger partial charge < -0.3 is 4.99 Å². The van der Waals surface area contributed by atoms with Crippen LogP contribution in [0.2, 0.25) is 0 Å². The first-order valence-electron chi connectivity index (χ1n) is 6.33. The zero-order valence-corrected chi connectivity index (χ0v) is 13.9. The summed E-state index contributed by atoms with van der Waals surface area (Å²) in [4.78, 5) is 3.61. The molecule has 0 aromatic carbocycles. The Labute approximate surface area is 110 Å². The largest absolute Gasteiger partial charge is 0.301 e. The maximum atomic E-state index is 3.61. The van der Waals surface area contributed by atoms with Crippen molar-refractivity contribution < 1.29 is 0 Å². The van der Waals surface area contributed by atoms with E-state index in [0.29, 0.717) is 5.92 Å². The van der Waals surface area contributed by atoms with Crippen molar-refractivity contribution in [3.8, 4) is 0 Å². The Morgan fingerprint density at radius 2 is 1.76 bits per heavy atom. The standard InChI is InChI=1S/C9H14.C3H7N.C3H9P/c1-6-5-7(2)9(4)8(6)3;2*1-3-4-2/h5,8H,1-4H3;3H,1-2H3;4H,3H2,1-2H3. The molecule has 17 heavy (non-hydrogen) atoms. The molecule has 0 N–H and O–H groups in total. The summed E-state index contributed by atoms with van der Waals surface area (Å²) in [6, 6.07) is 0. The molecule has 0 saturated heterocycles. The SMILES string of the molecule is CC1=CC(C)=C(C)C1C.CC=NC.CCPC. The third-order valence-electron chi connectivity index (χ3n) is 3.01. The maximum absolute atomic E-state index is 3.61. The second kappa shape index (κ2) is 12.0. The van der Waals surface area contributed by atoms with Crippen LogP contribution in [-0.2, 0) is 0 Å². The van der Waals surface area contributed by atoms with E-state index in [4.69, 9.17) is 0 Å². The molecule has 1 aliphatic rings. The molecule has 1 rings (SSSR count). The fourth-order valence-electron chi connectivity index (χ4n) is 1.26. The molecule has 0 heterocycles. The summed E-state index contributed by atoms with van der Waals surface area (Å²) in [6.07, 6.45) is 5.38. The van der Waals surface area contributed by atoms with E-state index in [2.05, 4.69) is 52.4 Å². The molecule has 0 bridgehead atoms. The average molecular weight is 255 g/mol. The van der Waals surface area contributed by atoms with E-state index >= 15 is 0 Å². The molecule has 0 aromatic heterocycles. The van der Waals surface area contributed by atoms with E-state index in [1.165, 1.54) is 22.9 Å². The minimum Gasteiger partial charge on any atom is -0.301 e. The van der Waals surface area contributed by atoms with Crippen LogP contribution in [0, 0.1) is 5.92 Å². The molecule has 2 atom stereocenters. The molecule has 0 amide bonds. The van der Waals surface area contributed by atoms with Gasteiger partial charge in [0.25, 0.3) is 0 Å². The van der Waals surface area contributed by atoms with E-state index in [0.717, 1.165) is 8.58 Å². The Hall–Kier alpha value is -0.420. The van der Waals surface area contributed by atoms with Gasteiger partial charge in [-0.3, -0.25) is 0 Å². The summed E-state index contributed by atoms with van der Waals surface area (Å²) < 4.78 is 0. The number of hydrogen-bond acceptors (Lipinski definition) is 1. The third kappa shape index (κ3) is 9.30. The van der Waals surface area contributed by atoms with Crippen molar-refractivity contribution in [2.24, 2.45) is 10.9 Å². The van der Waals surface area contributed by atoms with Crippen LogP contribution < -0.4 is 0 Å². The molecule has 1 aliphatic carbocycles. The summed E-state index contributed by atoms with van der Waals surface area (Å²) in [6.45, 7) is 15.1. The number of rotatable bonds is 1. The lowest BCUT2D eigenvalue weighted by Crippen LogP contribution is -1.91. The van der Waals surface area contributed by atoms with Crippen molar-refractivity contribution in [3.63, 3.8) is 0 Å². The van der Waals surface area contributed by atoms with Crippen LogP contribution >= 0.6 is 8.58 Å². The Morgan fingerprint density at radius 3 is 1.82 bits per heavy atom. The number of hydrogen-bond donors (Lipinski definition) is 0.